The van der Waals surface area contributed by atoms with E-state index in [1.54, 1.807) is 0 Å². The number of aliphatic carboxylic acids is 2. The number of carboxylic acids is 2. The molecule has 8 saturated carbocycles. The molecule has 0 spiro atoms. The minimum absolute atomic E-state index is 0.138. The minimum atomic E-state index is -1.51. The summed E-state index contributed by atoms with van der Waals surface area (Å²) in [5.74, 6) is 2.23. The van der Waals surface area contributed by atoms with Gasteiger partial charge in [-0.2, -0.15) is 0 Å². The van der Waals surface area contributed by atoms with E-state index < -0.39 is 22.8 Å². The molecule has 4 heteroatoms. The van der Waals surface area contributed by atoms with Crippen LogP contribution in [0.1, 0.15) is 64.2 Å². The average molecular weight is 358 g/mol. The van der Waals surface area contributed by atoms with Gasteiger partial charge in [0.1, 0.15) is 0 Å². The molecule has 0 aromatic carbocycles. The second-order valence-electron chi connectivity index (χ2n) is 11.1. The Bertz CT molecular complexity index is 626. The minimum Gasteiger partial charge on any atom is -0.480 e. The van der Waals surface area contributed by atoms with Crippen molar-refractivity contribution in [2.75, 3.05) is 0 Å². The summed E-state index contributed by atoms with van der Waals surface area (Å²) in [6, 6.07) is 0. The Morgan fingerprint density at radius 3 is 1.58 bits per heavy atom. The molecule has 4 nitrogen and oxygen atoms in total. The maximum absolute atomic E-state index is 12.7. The lowest BCUT2D eigenvalue weighted by atomic mass is 9.31. The highest BCUT2D eigenvalue weighted by atomic mass is 16.4. The molecule has 8 aliphatic rings. The van der Waals surface area contributed by atoms with E-state index >= 15 is 0 Å². The number of carboxylic acid groups (broad SMARTS) is 2. The Morgan fingerprint density at radius 1 is 0.654 bits per heavy atom. The van der Waals surface area contributed by atoms with Crippen LogP contribution in [-0.4, -0.2) is 22.2 Å². The molecule has 8 bridgehead atoms. The van der Waals surface area contributed by atoms with E-state index in [0.29, 0.717) is 29.6 Å². The number of carbonyl (C=O) groups is 2. The topological polar surface area (TPSA) is 74.6 Å². The van der Waals surface area contributed by atoms with Crippen LogP contribution in [0.4, 0.5) is 0 Å². The van der Waals surface area contributed by atoms with E-state index in [1.165, 1.54) is 38.5 Å². The van der Waals surface area contributed by atoms with Crippen molar-refractivity contribution in [1.82, 2.24) is 0 Å². The van der Waals surface area contributed by atoms with Crippen molar-refractivity contribution in [1.29, 1.82) is 0 Å². The maximum Gasteiger partial charge on any atom is 0.321 e. The largest absolute Gasteiger partial charge is 0.480 e. The monoisotopic (exact) mass is 358 g/mol. The van der Waals surface area contributed by atoms with Crippen LogP contribution in [0.3, 0.4) is 0 Å². The van der Waals surface area contributed by atoms with Crippen LogP contribution in [0.15, 0.2) is 0 Å². The van der Waals surface area contributed by atoms with Crippen LogP contribution in [0.25, 0.3) is 0 Å². The lowest BCUT2D eigenvalue weighted by molar-refractivity contribution is -0.250. The molecule has 2 atom stereocenters. The first-order chi connectivity index (χ1) is 12.4. The fraction of sp³-hybridized carbons (Fsp3) is 0.909. The molecule has 0 aromatic rings. The van der Waals surface area contributed by atoms with E-state index in [1.807, 2.05) is 0 Å². The highest BCUT2D eigenvalue weighted by molar-refractivity contribution is 6.00. The third-order valence-corrected chi connectivity index (χ3v) is 10.1. The fourth-order valence-corrected chi connectivity index (χ4v) is 10.3. The van der Waals surface area contributed by atoms with Gasteiger partial charge in [0, 0.05) is 5.41 Å². The lowest BCUT2D eigenvalue weighted by Gasteiger charge is -2.71. The van der Waals surface area contributed by atoms with Crippen LogP contribution in [0.5, 0.6) is 0 Å². The van der Waals surface area contributed by atoms with E-state index in [-0.39, 0.29) is 5.92 Å². The van der Waals surface area contributed by atoms with Gasteiger partial charge in [0.15, 0.2) is 5.41 Å². The van der Waals surface area contributed by atoms with Crippen molar-refractivity contribution in [3.63, 3.8) is 0 Å². The summed E-state index contributed by atoms with van der Waals surface area (Å²) in [6.07, 6.45) is 11.0. The molecule has 26 heavy (non-hydrogen) atoms. The first-order valence-electron chi connectivity index (χ1n) is 10.9. The van der Waals surface area contributed by atoms with Crippen LogP contribution in [0, 0.1) is 58.2 Å². The van der Waals surface area contributed by atoms with E-state index in [9.17, 15) is 19.8 Å². The van der Waals surface area contributed by atoms with Gasteiger partial charge in [0.05, 0.1) is 0 Å². The summed E-state index contributed by atoms with van der Waals surface area (Å²) in [7, 11) is 0. The van der Waals surface area contributed by atoms with Gasteiger partial charge in [-0.25, -0.2) is 0 Å². The zero-order valence-corrected chi connectivity index (χ0v) is 15.4. The predicted octanol–water partition coefficient (Wildman–Crippen LogP) is 4.04. The van der Waals surface area contributed by atoms with Gasteiger partial charge in [-0.1, -0.05) is 0 Å². The SMILES string of the molecule is O=C(O)C1(C(=O)O)C2CC3CC(C2)CC1(C1C2CC4CC(C2)CC1C4)C3. The number of hydrogen-bond donors (Lipinski definition) is 2. The van der Waals surface area contributed by atoms with Crippen molar-refractivity contribution in [2.24, 2.45) is 58.2 Å². The van der Waals surface area contributed by atoms with Crippen molar-refractivity contribution in [3.05, 3.63) is 0 Å². The summed E-state index contributed by atoms with van der Waals surface area (Å²) >= 11 is 0. The fourth-order valence-electron chi connectivity index (χ4n) is 10.3. The quantitative estimate of drug-likeness (QED) is 0.747. The normalized spacial score (nSPS) is 55.2. The molecule has 2 unspecified atom stereocenters. The van der Waals surface area contributed by atoms with Crippen molar-refractivity contribution in [3.8, 4) is 0 Å². The summed E-state index contributed by atoms with van der Waals surface area (Å²) in [5.41, 5.74) is -1.98. The molecule has 0 aromatic heterocycles. The molecular formula is C22H30O4. The Balaban J connectivity index is 1.53. The van der Waals surface area contributed by atoms with Crippen molar-refractivity contribution >= 4 is 11.9 Å². The molecule has 8 rings (SSSR count). The summed E-state index contributed by atoms with van der Waals surface area (Å²) in [6.45, 7) is 0. The van der Waals surface area contributed by atoms with Gasteiger partial charge in [-0.15, -0.1) is 0 Å². The molecule has 0 aliphatic heterocycles. The van der Waals surface area contributed by atoms with Crippen LogP contribution in [-0.2, 0) is 9.59 Å². The van der Waals surface area contributed by atoms with E-state index in [4.69, 9.17) is 0 Å². The summed E-state index contributed by atoms with van der Waals surface area (Å²) in [5, 5.41) is 20.8. The van der Waals surface area contributed by atoms with Crippen LogP contribution < -0.4 is 0 Å². The molecule has 0 amide bonds. The summed E-state index contributed by atoms with van der Waals surface area (Å²) in [4.78, 5) is 25.4. The molecule has 0 radical (unpaired) electrons. The van der Waals surface area contributed by atoms with Gasteiger partial charge >= 0.3 is 11.9 Å². The highest BCUT2D eigenvalue weighted by Crippen LogP contribution is 2.76. The number of rotatable bonds is 3. The molecule has 8 aliphatic carbocycles. The van der Waals surface area contributed by atoms with Gasteiger partial charge in [0.25, 0.3) is 0 Å². The molecule has 0 heterocycles. The Hall–Kier alpha value is -1.06. The third-order valence-electron chi connectivity index (χ3n) is 10.1. The zero-order valence-electron chi connectivity index (χ0n) is 15.4. The van der Waals surface area contributed by atoms with Gasteiger partial charge in [-0.3, -0.25) is 9.59 Å². The predicted molar refractivity (Wildman–Crippen MR) is 94.2 cm³/mol. The zero-order chi connectivity index (χ0) is 17.8. The van der Waals surface area contributed by atoms with Crippen molar-refractivity contribution < 1.29 is 19.8 Å². The maximum atomic E-state index is 12.7. The second kappa shape index (κ2) is 4.86. The molecule has 8 fully saturated rings. The average Bonchev–Trinajstić information content (AvgIpc) is 2.52. The highest BCUT2D eigenvalue weighted by Gasteiger charge is 2.76. The van der Waals surface area contributed by atoms with Gasteiger partial charge < -0.3 is 10.2 Å². The van der Waals surface area contributed by atoms with Crippen LogP contribution in [0.2, 0.25) is 0 Å². The van der Waals surface area contributed by atoms with Crippen molar-refractivity contribution in [2.45, 2.75) is 64.2 Å². The van der Waals surface area contributed by atoms with Crippen LogP contribution >= 0.6 is 0 Å². The Morgan fingerprint density at radius 2 is 1.12 bits per heavy atom. The smallest absolute Gasteiger partial charge is 0.321 e. The number of hydrogen-bond acceptors (Lipinski definition) is 2. The molecular weight excluding hydrogens is 328 g/mol. The van der Waals surface area contributed by atoms with Gasteiger partial charge in [-0.05, 0) is 112 Å². The Kier molecular flexibility index (Phi) is 2.98. The lowest BCUT2D eigenvalue weighted by Crippen LogP contribution is -2.71. The third kappa shape index (κ3) is 1.64. The molecule has 0 saturated heterocycles. The summed E-state index contributed by atoms with van der Waals surface area (Å²) < 4.78 is 0. The van der Waals surface area contributed by atoms with Gasteiger partial charge in [0.2, 0.25) is 0 Å². The Labute approximate surface area is 154 Å². The van der Waals surface area contributed by atoms with E-state index in [0.717, 1.165) is 37.5 Å². The first kappa shape index (κ1) is 15.9. The van der Waals surface area contributed by atoms with E-state index in [2.05, 4.69) is 0 Å². The molecule has 142 valence electrons. The second-order valence-corrected chi connectivity index (χ2v) is 11.1. The standard InChI is InChI=1S/C22H30O4/c23-19(24)22(20(25)26)17-7-13-2-14(8-17)10-21(22,9-13)18-15-3-11-1-12(5-15)6-16(18)4-11/h11-18H,1-10H2,(H,23,24)(H,25,26). The first-order valence-corrected chi connectivity index (χ1v) is 10.9. The molecule has 2 N–H and O–H groups in total.